The number of ether oxygens (including phenoxy) is 1. The lowest BCUT2D eigenvalue weighted by atomic mass is 10.1. The molecule has 0 saturated heterocycles. The SMILES string of the molecule is COC(=O)c1ccc(CNC(=O)/C=C/c2ccc([N+](=O)[O-])s2)cc1. The van der Waals surface area contributed by atoms with Gasteiger partial charge in [-0.1, -0.05) is 23.5 Å². The Morgan fingerprint density at radius 2 is 1.96 bits per heavy atom. The maximum atomic E-state index is 11.8. The van der Waals surface area contributed by atoms with Gasteiger partial charge in [-0.25, -0.2) is 4.79 Å². The number of nitro groups is 1. The zero-order valence-corrected chi connectivity index (χ0v) is 13.5. The highest BCUT2D eigenvalue weighted by Crippen LogP contribution is 2.24. The molecule has 0 bridgehead atoms. The molecule has 2 rings (SSSR count). The average Bonchev–Trinajstić information content (AvgIpc) is 3.07. The Kier molecular flexibility index (Phi) is 5.80. The minimum atomic E-state index is -0.472. The van der Waals surface area contributed by atoms with Crippen molar-refractivity contribution in [3.05, 3.63) is 68.6 Å². The molecule has 1 aromatic carbocycles. The molecule has 0 saturated carbocycles. The minimum Gasteiger partial charge on any atom is -0.465 e. The zero-order chi connectivity index (χ0) is 17.5. The van der Waals surface area contributed by atoms with Crippen molar-refractivity contribution in [2.45, 2.75) is 6.54 Å². The van der Waals surface area contributed by atoms with Gasteiger partial charge in [-0.15, -0.1) is 0 Å². The van der Waals surface area contributed by atoms with E-state index in [4.69, 9.17) is 0 Å². The molecule has 7 nitrogen and oxygen atoms in total. The van der Waals surface area contributed by atoms with Gasteiger partial charge in [0.25, 0.3) is 0 Å². The number of esters is 1. The van der Waals surface area contributed by atoms with Gasteiger partial charge < -0.3 is 10.1 Å². The molecule has 0 fully saturated rings. The van der Waals surface area contributed by atoms with Crippen LogP contribution >= 0.6 is 11.3 Å². The summed E-state index contributed by atoms with van der Waals surface area (Å²) >= 11 is 0.994. The van der Waals surface area contributed by atoms with Gasteiger partial charge in [0.15, 0.2) is 0 Å². The summed E-state index contributed by atoms with van der Waals surface area (Å²) < 4.78 is 4.61. The predicted molar refractivity (Wildman–Crippen MR) is 89.6 cm³/mol. The normalized spacial score (nSPS) is 10.5. The summed E-state index contributed by atoms with van der Waals surface area (Å²) in [6.45, 7) is 0.301. The highest BCUT2D eigenvalue weighted by Gasteiger charge is 2.08. The summed E-state index contributed by atoms with van der Waals surface area (Å²) in [4.78, 5) is 33.8. The first kappa shape index (κ1) is 17.4. The molecule has 0 aliphatic carbocycles. The molecule has 0 atom stereocenters. The van der Waals surface area contributed by atoms with E-state index in [1.165, 1.54) is 25.3 Å². The van der Waals surface area contributed by atoms with Crippen LogP contribution in [0.25, 0.3) is 6.08 Å². The third-order valence-electron chi connectivity index (χ3n) is 3.03. The molecule has 0 spiro atoms. The van der Waals surface area contributed by atoms with Crippen molar-refractivity contribution in [2.24, 2.45) is 0 Å². The van der Waals surface area contributed by atoms with Crippen LogP contribution in [0.15, 0.2) is 42.5 Å². The second-order valence-electron chi connectivity index (χ2n) is 4.67. The van der Waals surface area contributed by atoms with E-state index >= 15 is 0 Å². The van der Waals surface area contributed by atoms with Gasteiger partial charge in [-0.05, 0) is 29.8 Å². The zero-order valence-electron chi connectivity index (χ0n) is 12.7. The third kappa shape index (κ3) is 4.75. The maximum Gasteiger partial charge on any atom is 0.337 e. The summed E-state index contributed by atoms with van der Waals surface area (Å²) in [7, 11) is 1.31. The van der Waals surface area contributed by atoms with E-state index < -0.39 is 10.9 Å². The first-order valence-electron chi connectivity index (χ1n) is 6.87. The molecule has 1 amide bonds. The fourth-order valence-electron chi connectivity index (χ4n) is 1.81. The number of methoxy groups -OCH3 is 1. The topological polar surface area (TPSA) is 98.5 Å². The van der Waals surface area contributed by atoms with Crippen LogP contribution in [0, 0.1) is 10.1 Å². The molecule has 0 aliphatic heterocycles. The molecule has 0 radical (unpaired) electrons. The van der Waals surface area contributed by atoms with Crippen molar-refractivity contribution in [2.75, 3.05) is 7.11 Å². The fraction of sp³-hybridized carbons (Fsp3) is 0.125. The van der Waals surface area contributed by atoms with Gasteiger partial charge in [0, 0.05) is 23.6 Å². The number of hydrogen-bond donors (Lipinski definition) is 1. The lowest BCUT2D eigenvalue weighted by Crippen LogP contribution is -2.20. The van der Waals surface area contributed by atoms with Crippen LogP contribution in [-0.4, -0.2) is 23.9 Å². The third-order valence-corrected chi connectivity index (χ3v) is 4.04. The molecule has 24 heavy (non-hydrogen) atoms. The second kappa shape index (κ2) is 8.02. The Bertz CT molecular complexity index is 780. The number of thiophene rings is 1. The van der Waals surface area contributed by atoms with Gasteiger partial charge in [-0.2, -0.15) is 0 Å². The highest BCUT2D eigenvalue weighted by molar-refractivity contribution is 7.16. The predicted octanol–water partition coefficient (Wildman–Crippen LogP) is 2.77. The Balaban J connectivity index is 1.87. The van der Waals surface area contributed by atoms with Crippen molar-refractivity contribution < 1.29 is 19.2 Å². The highest BCUT2D eigenvalue weighted by atomic mass is 32.1. The van der Waals surface area contributed by atoms with E-state index in [0.29, 0.717) is 17.0 Å². The van der Waals surface area contributed by atoms with E-state index in [1.807, 2.05) is 0 Å². The van der Waals surface area contributed by atoms with E-state index in [-0.39, 0.29) is 10.9 Å². The van der Waals surface area contributed by atoms with Gasteiger partial charge in [0.1, 0.15) is 0 Å². The summed E-state index contributed by atoms with van der Waals surface area (Å²) in [5.41, 5.74) is 1.27. The number of amides is 1. The number of hydrogen-bond acceptors (Lipinski definition) is 6. The van der Waals surface area contributed by atoms with E-state index in [9.17, 15) is 19.7 Å². The van der Waals surface area contributed by atoms with Gasteiger partial charge >= 0.3 is 11.0 Å². The maximum absolute atomic E-state index is 11.8. The lowest BCUT2D eigenvalue weighted by Gasteiger charge is -2.04. The monoisotopic (exact) mass is 346 g/mol. The second-order valence-corrected chi connectivity index (χ2v) is 5.77. The summed E-state index contributed by atoms with van der Waals surface area (Å²) in [6.07, 6.45) is 2.84. The number of nitrogens with zero attached hydrogens (tertiary/aromatic N) is 1. The molecule has 124 valence electrons. The molecule has 0 aliphatic rings. The Morgan fingerprint density at radius 3 is 2.54 bits per heavy atom. The Labute approximate surface area is 141 Å². The molecule has 1 heterocycles. The average molecular weight is 346 g/mol. The van der Waals surface area contributed by atoms with Crippen LogP contribution in [0.3, 0.4) is 0 Å². The standard InChI is InChI=1S/C16H14N2O5S/c1-23-16(20)12-4-2-11(3-5-12)10-17-14(19)8-6-13-7-9-15(24-13)18(21)22/h2-9H,10H2,1H3,(H,17,19)/b8-6+. The molecule has 1 N–H and O–H groups in total. The Hall–Kier alpha value is -3.00. The quantitative estimate of drug-likeness (QED) is 0.375. The van der Waals surface area contributed by atoms with Crippen molar-refractivity contribution in [3.8, 4) is 0 Å². The molecule has 0 unspecified atom stereocenters. The van der Waals surface area contributed by atoms with Crippen LogP contribution in [0.1, 0.15) is 20.8 Å². The Morgan fingerprint density at radius 1 is 1.25 bits per heavy atom. The largest absolute Gasteiger partial charge is 0.465 e. The van der Waals surface area contributed by atoms with Crippen LogP contribution < -0.4 is 5.32 Å². The first-order chi connectivity index (χ1) is 11.5. The van der Waals surface area contributed by atoms with E-state index in [2.05, 4.69) is 10.1 Å². The van der Waals surface area contributed by atoms with E-state index in [1.54, 1.807) is 30.3 Å². The van der Waals surface area contributed by atoms with Crippen molar-refractivity contribution >= 4 is 34.3 Å². The van der Waals surface area contributed by atoms with Gasteiger partial charge in [-0.3, -0.25) is 14.9 Å². The van der Waals surface area contributed by atoms with Crippen molar-refractivity contribution in [3.63, 3.8) is 0 Å². The number of carbonyl (C=O) groups is 2. The van der Waals surface area contributed by atoms with Gasteiger partial charge in [0.05, 0.1) is 17.6 Å². The summed E-state index contributed by atoms with van der Waals surface area (Å²) in [5, 5.41) is 13.3. The summed E-state index contributed by atoms with van der Waals surface area (Å²) in [5.74, 6) is -0.735. The molecule has 8 heteroatoms. The fourth-order valence-corrected chi connectivity index (χ4v) is 2.54. The molecular formula is C16H14N2O5S. The van der Waals surface area contributed by atoms with Crippen LogP contribution in [-0.2, 0) is 16.1 Å². The van der Waals surface area contributed by atoms with Crippen molar-refractivity contribution in [1.82, 2.24) is 5.32 Å². The molecule has 2 aromatic rings. The number of carbonyl (C=O) groups excluding carboxylic acids is 2. The number of rotatable bonds is 6. The van der Waals surface area contributed by atoms with Crippen LogP contribution in [0.4, 0.5) is 5.00 Å². The molecular weight excluding hydrogens is 332 g/mol. The minimum absolute atomic E-state index is 0.0285. The summed E-state index contributed by atoms with van der Waals surface area (Å²) in [6, 6.07) is 9.66. The number of benzene rings is 1. The first-order valence-corrected chi connectivity index (χ1v) is 7.68. The van der Waals surface area contributed by atoms with Crippen LogP contribution in [0.5, 0.6) is 0 Å². The smallest absolute Gasteiger partial charge is 0.337 e. The van der Waals surface area contributed by atoms with Gasteiger partial charge in [0.2, 0.25) is 5.91 Å². The molecule has 1 aromatic heterocycles. The van der Waals surface area contributed by atoms with Crippen LogP contribution in [0.2, 0.25) is 0 Å². The van der Waals surface area contributed by atoms with E-state index in [0.717, 1.165) is 16.9 Å². The number of nitrogens with one attached hydrogen (secondary N) is 1. The van der Waals surface area contributed by atoms with Crippen molar-refractivity contribution in [1.29, 1.82) is 0 Å². The lowest BCUT2D eigenvalue weighted by molar-refractivity contribution is -0.380.